The molecule has 0 radical (unpaired) electrons. The second-order valence-corrected chi connectivity index (χ2v) is 5.00. The molecule has 0 aliphatic heterocycles. The lowest BCUT2D eigenvalue weighted by atomic mass is 9.88. The van der Waals surface area contributed by atoms with Crippen LogP contribution in [0.5, 0.6) is 5.75 Å². The lowest BCUT2D eigenvalue weighted by molar-refractivity contribution is 0.414. The van der Waals surface area contributed by atoms with Crippen molar-refractivity contribution in [1.82, 2.24) is 0 Å². The van der Waals surface area contributed by atoms with E-state index in [2.05, 4.69) is 43.3 Å². The Kier molecular flexibility index (Phi) is 5.19. The first-order valence-corrected chi connectivity index (χ1v) is 7.21. The summed E-state index contributed by atoms with van der Waals surface area (Å²) in [5.41, 5.74) is 9.75. The van der Waals surface area contributed by atoms with Crippen molar-refractivity contribution in [3.8, 4) is 5.75 Å². The lowest BCUT2D eigenvalue weighted by Crippen LogP contribution is -2.09. The fourth-order valence-electron chi connectivity index (χ4n) is 2.54. The minimum Gasteiger partial charge on any atom is -0.497 e. The van der Waals surface area contributed by atoms with Crippen molar-refractivity contribution in [3.63, 3.8) is 0 Å². The van der Waals surface area contributed by atoms with Gasteiger partial charge in [0, 0.05) is 5.92 Å². The third kappa shape index (κ3) is 3.40. The molecule has 2 aromatic carbocycles. The van der Waals surface area contributed by atoms with Crippen LogP contribution >= 0.6 is 0 Å². The van der Waals surface area contributed by atoms with E-state index < -0.39 is 0 Å². The maximum Gasteiger partial charge on any atom is 0.119 e. The largest absolute Gasteiger partial charge is 0.497 e. The van der Waals surface area contributed by atoms with Crippen molar-refractivity contribution in [2.75, 3.05) is 13.7 Å². The summed E-state index contributed by atoms with van der Waals surface area (Å²) < 4.78 is 5.32. The number of rotatable bonds is 6. The van der Waals surface area contributed by atoms with Crippen LogP contribution in [0.15, 0.2) is 48.5 Å². The van der Waals surface area contributed by atoms with Gasteiger partial charge in [0.25, 0.3) is 0 Å². The van der Waals surface area contributed by atoms with E-state index in [-0.39, 0.29) is 0 Å². The van der Waals surface area contributed by atoms with Crippen LogP contribution in [0.2, 0.25) is 0 Å². The average molecular weight is 269 g/mol. The lowest BCUT2D eigenvalue weighted by Gasteiger charge is -2.18. The van der Waals surface area contributed by atoms with Crippen LogP contribution in [0.3, 0.4) is 0 Å². The highest BCUT2D eigenvalue weighted by molar-refractivity contribution is 5.38. The van der Waals surface area contributed by atoms with Crippen molar-refractivity contribution in [3.05, 3.63) is 65.2 Å². The summed E-state index contributed by atoms with van der Waals surface area (Å²) >= 11 is 0. The second kappa shape index (κ2) is 7.11. The fourth-order valence-corrected chi connectivity index (χ4v) is 2.54. The Hall–Kier alpha value is -1.80. The third-order valence-electron chi connectivity index (χ3n) is 3.74. The molecule has 2 rings (SSSR count). The summed E-state index contributed by atoms with van der Waals surface area (Å²) in [6.07, 6.45) is 2.01. The Bertz CT molecular complexity index is 533. The van der Waals surface area contributed by atoms with Crippen molar-refractivity contribution in [2.45, 2.75) is 25.7 Å². The minimum absolute atomic E-state index is 0.334. The molecule has 2 nitrogen and oxygen atoms in total. The van der Waals surface area contributed by atoms with Gasteiger partial charge in [-0.3, -0.25) is 0 Å². The van der Waals surface area contributed by atoms with Crippen LogP contribution in [-0.4, -0.2) is 13.7 Å². The summed E-state index contributed by atoms with van der Waals surface area (Å²) in [7, 11) is 1.70. The summed E-state index contributed by atoms with van der Waals surface area (Å²) in [5.74, 6) is 1.23. The number of aryl methyl sites for hydroxylation is 1. The first-order chi connectivity index (χ1) is 9.78. The van der Waals surface area contributed by atoms with Gasteiger partial charge in [-0.25, -0.2) is 0 Å². The van der Waals surface area contributed by atoms with Gasteiger partial charge in [-0.2, -0.15) is 0 Å². The number of hydrogen-bond acceptors (Lipinski definition) is 2. The van der Waals surface area contributed by atoms with Gasteiger partial charge in [0.2, 0.25) is 0 Å². The zero-order valence-electron chi connectivity index (χ0n) is 12.3. The van der Waals surface area contributed by atoms with Gasteiger partial charge in [0.05, 0.1) is 7.11 Å². The molecule has 2 heteroatoms. The van der Waals surface area contributed by atoms with Crippen molar-refractivity contribution in [1.29, 1.82) is 0 Å². The molecule has 0 bridgehead atoms. The molecule has 2 aromatic rings. The van der Waals surface area contributed by atoms with E-state index in [0.29, 0.717) is 12.5 Å². The highest BCUT2D eigenvalue weighted by atomic mass is 16.5. The number of methoxy groups -OCH3 is 1. The Labute approximate surface area is 121 Å². The Balaban J connectivity index is 2.33. The molecule has 2 N–H and O–H groups in total. The van der Waals surface area contributed by atoms with E-state index in [1.807, 2.05) is 12.1 Å². The zero-order valence-corrected chi connectivity index (χ0v) is 12.3. The normalized spacial score (nSPS) is 12.2. The van der Waals surface area contributed by atoms with Crippen LogP contribution in [0.4, 0.5) is 0 Å². The Morgan fingerprint density at radius 3 is 2.40 bits per heavy atom. The van der Waals surface area contributed by atoms with Gasteiger partial charge in [-0.15, -0.1) is 0 Å². The molecule has 0 saturated carbocycles. The van der Waals surface area contributed by atoms with Gasteiger partial charge in [0.15, 0.2) is 0 Å². The van der Waals surface area contributed by atoms with Crippen molar-refractivity contribution in [2.24, 2.45) is 5.73 Å². The van der Waals surface area contributed by atoms with Crippen molar-refractivity contribution >= 4 is 0 Å². The quantitative estimate of drug-likeness (QED) is 0.867. The van der Waals surface area contributed by atoms with E-state index in [9.17, 15) is 0 Å². The van der Waals surface area contributed by atoms with E-state index in [1.54, 1.807) is 7.11 Å². The van der Waals surface area contributed by atoms with Gasteiger partial charge in [-0.1, -0.05) is 43.3 Å². The highest BCUT2D eigenvalue weighted by Crippen LogP contribution is 2.30. The molecule has 1 atom stereocenters. The first-order valence-electron chi connectivity index (χ1n) is 7.21. The summed E-state index contributed by atoms with van der Waals surface area (Å²) in [5, 5.41) is 0. The van der Waals surface area contributed by atoms with Crippen LogP contribution in [0.25, 0.3) is 0 Å². The highest BCUT2D eigenvalue weighted by Gasteiger charge is 2.14. The summed E-state index contributed by atoms with van der Waals surface area (Å²) in [6, 6.07) is 17.1. The molecule has 0 heterocycles. The molecular weight excluding hydrogens is 246 g/mol. The van der Waals surface area contributed by atoms with E-state index >= 15 is 0 Å². The van der Waals surface area contributed by atoms with Crippen LogP contribution < -0.4 is 10.5 Å². The number of benzene rings is 2. The molecule has 0 fully saturated rings. The molecule has 0 spiro atoms. The molecular formula is C18H23NO. The number of hydrogen-bond donors (Lipinski definition) is 1. The number of nitrogens with two attached hydrogens (primary N) is 1. The van der Waals surface area contributed by atoms with Gasteiger partial charge < -0.3 is 10.5 Å². The standard InChI is InChI=1S/C18H23NO/c1-3-14-7-9-15(10-8-14)18(11-12-19)16-5-4-6-17(13-16)20-2/h4-10,13,18H,3,11-12,19H2,1-2H3. The van der Waals surface area contributed by atoms with Crippen LogP contribution in [0.1, 0.15) is 36.0 Å². The predicted octanol–water partition coefficient (Wildman–Crippen LogP) is 3.74. The molecule has 106 valence electrons. The van der Waals surface area contributed by atoms with Gasteiger partial charge in [-0.05, 0) is 48.2 Å². The zero-order chi connectivity index (χ0) is 14.4. The topological polar surface area (TPSA) is 35.2 Å². The Morgan fingerprint density at radius 1 is 1.05 bits per heavy atom. The summed E-state index contributed by atoms with van der Waals surface area (Å²) in [4.78, 5) is 0. The molecule has 0 aliphatic carbocycles. The third-order valence-corrected chi connectivity index (χ3v) is 3.74. The van der Waals surface area contributed by atoms with E-state index in [1.165, 1.54) is 16.7 Å². The van der Waals surface area contributed by atoms with E-state index in [0.717, 1.165) is 18.6 Å². The predicted molar refractivity (Wildman–Crippen MR) is 84.3 cm³/mol. The van der Waals surface area contributed by atoms with Gasteiger partial charge >= 0.3 is 0 Å². The molecule has 0 aromatic heterocycles. The maximum absolute atomic E-state index is 5.80. The van der Waals surface area contributed by atoms with E-state index in [4.69, 9.17) is 10.5 Å². The van der Waals surface area contributed by atoms with Crippen molar-refractivity contribution < 1.29 is 4.74 Å². The fraction of sp³-hybridized carbons (Fsp3) is 0.333. The monoisotopic (exact) mass is 269 g/mol. The van der Waals surface area contributed by atoms with Crippen LogP contribution in [0, 0.1) is 0 Å². The van der Waals surface area contributed by atoms with Gasteiger partial charge in [0.1, 0.15) is 5.75 Å². The first kappa shape index (κ1) is 14.6. The second-order valence-electron chi connectivity index (χ2n) is 5.00. The van der Waals surface area contributed by atoms with Crippen LogP contribution in [-0.2, 0) is 6.42 Å². The average Bonchev–Trinajstić information content (AvgIpc) is 2.53. The smallest absolute Gasteiger partial charge is 0.119 e. The molecule has 20 heavy (non-hydrogen) atoms. The summed E-state index contributed by atoms with van der Waals surface area (Å²) in [6.45, 7) is 2.85. The molecule has 0 saturated heterocycles. The molecule has 0 amide bonds. The SMILES string of the molecule is CCc1ccc(C(CCN)c2cccc(OC)c2)cc1. The molecule has 1 unspecified atom stereocenters. The maximum atomic E-state index is 5.80. The molecule has 0 aliphatic rings. The number of ether oxygens (including phenoxy) is 1. The Morgan fingerprint density at radius 2 is 1.80 bits per heavy atom. The minimum atomic E-state index is 0.334.